The normalized spacial score (nSPS) is 9.83. The highest BCUT2D eigenvalue weighted by Gasteiger charge is 2.21. The van der Waals surface area contributed by atoms with Crippen molar-refractivity contribution in [1.82, 2.24) is 9.80 Å². The van der Waals surface area contributed by atoms with Crippen LogP contribution in [0, 0.1) is 0 Å². The Morgan fingerprint density at radius 2 is 1.78 bits per heavy atom. The van der Waals surface area contributed by atoms with Crippen molar-refractivity contribution in [3.63, 3.8) is 0 Å². The van der Waals surface area contributed by atoms with Crippen LogP contribution in [-0.2, 0) is 0 Å². The molecule has 0 saturated carbocycles. The summed E-state index contributed by atoms with van der Waals surface area (Å²) >= 11 is 0. The molecular weight excluding hydrogens is 228 g/mol. The number of nitrogens with two attached hydrogens (primary N) is 2. The molecule has 0 unspecified atom stereocenters. The maximum atomic E-state index is 5.36. The van der Waals surface area contributed by atoms with E-state index in [-0.39, 0.29) is 5.96 Å². The Hall–Kier alpha value is -1.46. The van der Waals surface area contributed by atoms with Crippen LogP contribution in [0.4, 0.5) is 0 Å². The van der Waals surface area contributed by atoms with E-state index in [1.165, 1.54) is 12.4 Å². The largest absolute Gasteiger partial charge is 0.370 e. The molecule has 0 heterocycles. The summed E-state index contributed by atoms with van der Waals surface area (Å²) in [5.74, 6) is 1.33. The van der Waals surface area contributed by atoms with E-state index in [4.69, 9.17) is 11.5 Å². The van der Waals surface area contributed by atoms with Gasteiger partial charge in [-0.3, -0.25) is 19.4 Å². The average molecular weight is 257 g/mol. The Bertz CT molecular complexity index is 287. The molecule has 0 aromatic rings. The third kappa shape index (κ3) is 6.32. The molecule has 0 spiro atoms. The molecule has 0 aromatic carbocycles. The summed E-state index contributed by atoms with van der Waals surface area (Å²) < 4.78 is 2.12. The van der Waals surface area contributed by atoms with Crippen molar-refractivity contribution in [2.24, 2.45) is 16.5 Å². The highest BCUT2D eigenvalue weighted by Crippen LogP contribution is 1.99. The number of nitrogens with zero attached hydrogens (tertiary/aromatic N) is 4. The van der Waals surface area contributed by atoms with Crippen LogP contribution in [0.3, 0.4) is 0 Å². The monoisotopic (exact) mass is 257 g/mol. The molecule has 0 radical (unpaired) electrons. The fourth-order valence-corrected chi connectivity index (χ4v) is 1.93. The molecule has 4 N–H and O–H groups in total. The van der Waals surface area contributed by atoms with Crippen molar-refractivity contribution in [1.29, 1.82) is 0 Å². The predicted molar refractivity (Wildman–Crippen MR) is 78.0 cm³/mol. The Morgan fingerprint density at radius 3 is 2.17 bits per heavy atom. The number of aliphatic imine (C=N–C) groups is 1. The molecule has 0 aliphatic carbocycles. The van der Waals surface area contributed by atoms with Crippen LogP contribution >= 0.6 is 0 Å². The molecule has 6 nitrogen and oxygen atoms in total. The van der Waals surface area contributed by atoms with E-state index in [0.717, 1.165) is 19.5 Å². The van der Waals surface area contributed by atoms with Crippen LogP contribution in [0.2, 0.25) is 0 Å². The zero-order chi connectivity index (χ0) is 14.1. The first-order chi connectivity index (χ1) is 8.40. The Morgan fingerprint density at radius 1 is 1.17 bits per heavy atom. The van der Waals surface area contributed by atoms with Crippen LogP contribution in [0.5, 0.6) is 0 Å². The third-order valence-electron chi connectivity index (χ3n) is 2.53. The Kier molecular flexibility index (Phi) is 7.91. The van der Waals surface area contributed by atoms with Gasteiger partial charge in [-0.1, -0.05) is 13.3 Å². The smallest absolute Gasteiger partial charge is 0.349 e. The van der Waals surface area contributed by atoms with Gasteiger partial charge in [-0.25, -0.2) is 0 Å². The van der Waals surface area contributed by atoms with Gasteiger partial charge in [0.25, 0.3) is 0 Å². The molecule has 6 heteroatoms. The van der Waals surface area contributed by atoms with Crippen molar-refractivity contribution in [3.8, 4) is 0 Å². The van der Waals surface area contributed by atoms with E-state index < -0.39 is 0 Å². The number of unbranched alkanes of at least 4 members (excludes halogenated alkanes) is 1. The van der Waals surface area contributed by atoms with Crippen LogP contribution in [0.1, 0.15) is 19.8 Å². The van der Waals surface area contributed by atoms with Gasteiger partial charge in [-0.05, 0) is 6.42 Å². The first-order valence-corrected chi connectivity index (χ1v) is 6.42. The molecule has 0 bridgehead atoms. The van der Waals surface area contributed by atoms with Crippen LogP contribution in [-0.4, -0.2) is 74.1 Å². The van der Waals surface area contributed by atoms with Crippen molar-refractivity contribution >= 4 is 11.9 Å². The lowest BCUT2D eigenvalue weighted by atomic mass is 10.3. The minimum atomic E-state index is 0.154. The highest BCUT2D eigenvalue weighted by molar-refractivity contribution is 5.76. The van der Waals surface area contributed by atoms with Gasteiger partial charge in [0, 0.05) is 0 Å². The summed E-state index contributed by atoms with van der Waals surface area (Å²) in [5, 5.41) is 0. The van der Waals surface area contributed by atoms with Crippen LogP contribution < -0.4 is 11.5 Å². The van der Waals surface area contributed by atoms with Crippen molar-refractivity contribution in [3.05, 3.63) is 0 Å². The molecule has 106 valence electrons. The summed E-state index contributed by atoms with van der Waals surface area (Å²) in [6.45, 7) is 4.65. The number of guanidine groups is 2. The fourth-order valence-electron chi connectivity index (χ4n) is 1.93. The standard InChI is InChI=1S/C12H29N6/c1-6-7-9-18(10-8-15-11(13)14)12(16(2)3)17(4)5/h6-10H2,1-5H3,(H4,13,14,15)/q+1. The van der Waals surface area contributed by atoms with Gasteiger partial charge in [-0.2, -0.15) is 0 Å². The van der Waals surface area contributed by atoms with Gasteiger partial charge in [0.15, 0.2) is 5.96 Å². The van der Waals surface area contributed by atoms with Crippen molar-refractivity contribution in [2.45, 2.75) is 19.8 Å². The Labute approximate surface area is 111 Å². The third-order valence-corrected chi connectivity index (χ3v) is 2.53. The quantitative estimate of drug-likeness (QED) is 0.384. The molecule has 0 fully saturated rings. The zero-order valence-corrected chi connectivity index (χ0v) is 12.5. The second-order valence-corrected chi connectivity index (χ2v) is 4.74. The number of rotatable bonds is 6. The first-order valence-electron chi connectivity index (χ1n) is 6.42. The molecule has 18 heavy (non-hydrogen) atoms. The minimum absolute atomic E-state index is 0.154. The summed E-state index contributed by atoms with van der Waals surface area (Å²) in [5.41, 5.74) is 10.7. The minimum Gasteiger partial charge on any atom is -0.370 e. The summed E-state index contributed by atoms with van der Waals surface area (Å²) in [6, 6.07) is 0. The van der Waals surface area contributed by atoms with E-state index >= 15 is 0 Å². The Balaban J connectivity index is 4.74. The summed E-state index contributed by atoms with van der Waals surface area (Å²) in [6.07, 6.45) is 2.33. The maximum Gasteiger partial charge on any atom is 0.349 e. The second kappa shape index (κ2) is 8.60. The van der Waals surface area contributed by atoms with Crippen molar-refractivity contribution in [2.75, 3.05) is 47.8 Å². The first kappa shape index (κ1) is 16.5. The summed E-state index contributed by atoms with van der Waals surface area (Å²) in [7, 11) is 8.20. The zero-order valence-electron chi connectivity index (χ0n) is 12.5. The van der Waals surface area contributed by atoms with Gasteiger partial charge >= 0.3 is 5.96 Å². The SMILES string of the molecule is CCCCN(CCN=C(N)N)C(N(C)C)=[N+](C)C. The van der Waals surface area contributed by atoms with Gasteiger partial charge in [0.05, 0.1) is 47.8 Å². The van der Waals surface area contributed by atoms with E-state index in [0.29, 0.717) is 6.54 Å². The van der Waals surface area contributed by atoms with Gasteiger partial charge < -0.3 is 11.5 Å². The van der Waals surface area contributed by atoms with Gasteiger partial charge in [0.1, 0.15) is 0 Å². The van der Waals surface area contributed by atoms with E-state index in [1.54, 1.807) is 0 Å². The average Bonchev–Trinajstić information content (AvgIpc) is 2.23. The second-order valence-electron chi connectivity index (χ2n) is 4.74. The molecule has 0 aliphatic heterocycles. The lowest BCUT2D eigenvalue weighted by Crippen LogP contribution is -2.47. The van der Waals surface area contributed by atoms with Crippen LogP contribution in [0.25, 0.3) is 0 Å². The highest BCUT2D eigenvalue weighted by atomic mass is 15.4. The van der Waals surface area contributed by atoms with Crippen LogP contribution in [0.15, 0.2) is 4.99 Å². The molecular formula is C12H29N6+. The molecule has 0 rings (SSSR count). The molecule has 0 aromatic heterocycles. The molecule has 0 saturated heterocycles. The lowest BCUT2D eigenvalue weighted by molar-refractivity contribution is -0.476. The molecule has 0 aliphatic rings. The molecule has 0 amide bonds. The van der Waals surface area contributed by atoms with E-state index in [9.17, 15) is 0 Å². The maximum absolute atomic E-state index is 5.36. The summed E-state index contributed by atoms with van der Waals surface area (Å²) in [4.78, 5) is 8.49. The van der Waals surface area contributed by atoms with Crippen molar-refractivity contribution < 1.29 is 4.58 Å². The van der Waals surface area contributed by atoms with Gasteiger partial charge in [0.2, 0.25) is 0 Å². The van der Waals surface area contributed by atoms with E-state index in [2.05, 4.69) is 54.5 Å². The lowest BCUT2D eigenvalue weighted by Gasteiger charge is -2.24. The topological polar surface area (TPSA) is 73.9 Å². The number of hydrogen-bond acceptors (Lipinski definition) is 1. The number of hydrogen-bond donors (Lipinski definition) is 2. The van der Waals surface area contributed by atoms with Gasteiger partial charge in [-0.15, -0.1) is 0 Å². The fraction of sp³-hybridized carbons (Fsp3) is 0.833. The predicted octanol–water partition coefficient (Wildman–Crippen LogP) is -0.448. The van der Waals surface area contributed by atoms with E-state index in [1.807, 2.05) is 0 Å². The molecule has 0 atom stereocenters.